The first-order valence-corrected chi connectivity index (χ1v) is 10.9. The summed E-state index contributed by atoms with van der Waals surface area (Å²) in [4.78, 5) is 29.3. The van der Waals surface area contributed by atoms with Crippen LogP contribution in [0.1, 0.15) is 46.5 Å². The van der Waals surface area contributed by atoms with Gasteiger partial charge in [-0.25, -0.2) is 4.79 Å². The molecule has 2 aromatic rings. The minimum absolute atomic E-state index is 0.0584. The molecule has 1 unspecified atom stereocenters. The van der Waals surface area contributed by atoms with E-state index in [2.05, 4.69) is 10.3 Å². The van der Waals surface area contributed by atoms with E-state index in [1.54, 1.807) is 12.1 Å². The predicted molar refractivity (Wildman–Crippen MR) is 118 cm³/mol. The van der Waals surface area contributed by atoms with Gasteiger partial charge in [-0.2, -0.15) is 4.98 Å². The number of rotatable bonds is 5. The number of carbonyl (C=O) groups is 1. The fraction of sp³-hybridized carbons (Fsp3) is 0.609. The van der Waals surface area contributed by atoms with E-state index >= 15 is 0 Å². The van der Waals surface area contributed by atoms with Crippen LogP contribution in [0.4, 0.5) is 4.79 Å². The molecule has 0 aromatic carbocycles. The van der Waals surface area contributed by atoms with Gasteiger partial charge in [0.15, 0.2) is 0 Å². The third-order valence-electron chi connectivity index (χ3n) is 6.43. The van der Waals surface area contributed by atoms with Gasteiger partial charge in [0.25, 0.3) is 5.56 Å². The second kappa shape index (κ2) is 8.04. The molecule has 2 bridgehead atoms. The highest BCUT2D eigenvalue weighted by molar-refractivity contribution is 5.75. The Kier molecular flexibility index (Phi) is 5.67. The molecule has 0 radical (unpaired) electrons. The summed E-state index contributed by atoms with van der Waals surface area (Å²) in [5, 5.41) is 14.9. The van der Waals surface area contributed by atoms with E-state index in [1.165, 1.54) is 17.7 Å². The Labute approximate surface area is 186 Å². The third kappa shape index (κ3) is 4.31. The second-order valence-electron chi connectivity index (χ2n) is 9.83. The summed E-state index contributed by atoms with van der Waals surface area (Å²) in [5.74, 6) is 0.397. The Morgan fingerprint density at radius 3 is 2.53 bits per heavy atom. The summed E-state index contributed by atoms with van der Waals surface area (Å²) >= 11 is 0. The number of hydrogen-bond donors (Lipinski definition) is 2. The van der Waals surface area contributed by atoms with E-state index in [9.17, 15) is 14.7 Å². The SMILES string of the molecule is COc1ccc2ccc(=O)n(CC(O)C34CCC(NC(=O)OC(C)(C)C)(CC3)CO4)c2n1. The maximum atomic E-state index is 12.6. The topological polar surface area (TPSA) is 112 Å². The van der Waals surface area contributed by atoms with Crippen LogP contribution in [0.3, 0.4) is 0 Å². The van der Waals surface area contributed by atoms with Crippen molar-refractivity contribution in [2.75, 3.05) is 13.7 Å². The molecule has 9 heteroatoms. The Hall–Kier alpha value is -2.65. The van der Waals surface area contributed by atoms with E-state index < -0.39 is 28.9 Å². The van der Waals surface area contributed by atoms with Gasteiger partial charge in [0.2, 0.25) is 5.88 Å². The minimum atomic E-state index is -0.904. The molecule has 2 saturated heterocycles. The van der Waals surface area contributed by atoms with Crippen molar-refractivity contribution in [2.45, 2.75) is 75.8 Å². The Bertz CT molecular complexity index is 1050. The van der Waals surface area contributed by atoms with Crippen LogP contribution >= 0.6 is 0 Å². The van der Waals surface area contributed by atoms with Crippen LogP contribution in [0.25, 0.3) is 11.0 Å². The van der Waals surface area contributed by atoms with Crippen LogP contribution in [-0.4, -0.2) is 57.3 Å². The lowest BCUT2D eigenvalue weighted by Crippen LogP contribution is -2.66. The quantitative estimate of drug-likeness (QED) is 0.727. The number of nitrogens with one attached hydrogen (secondary N) is 1. The number of nitrogens with zero attached hydrogens (tertiary/aromatic N) is 2. The number of methoxy groups -OCH3 is 1. The molecule has 1 atom stereocenters. The van der Waals surface area contributed by atoms with Crippen molar-refractivity contribution in [3.63, 3.8) is 0 Å². The summed E-state index contributed by atoms with van der Waals surface area (Å²) in [6, 6.07) is 6.74. The molecule has 2 N–H and O–H groups in total. The van der Waals surface area contributed by atoms with Crippen molar-refractivity contribution in [3.05, 3.63) is 34.6 Å². The van der Waals surface area contributed by atoms with Crippen molar-refractivity contribution < 1.29 is 24.1 Å². The predicted octanol–water partition coefficient (Wildman–Crippen LogP) is 2.37. The number of pyridine rings is 2. The van der Waals surface area contributed by atoms with E-state index in [0.29, 0.717) is 43.8 Å². The summed E-state index contributed by atoms with van der Waals surface area (Å²) in [6.07, 6.45) is 1.11. The van der Waals surface area contributed by atoms with Gasteiger partial charge >= 0.3 is 6.09 Å². The lowest BCUT2D eigenvalue weighted by Gasteiger charge is -2.54. The number of fused-ring (bicyclic) bond motifs is 4. The van der Waals surface area contributed by atoms with Gasteiger partial charge in [-0.15, -0.1) is 0 Å². The van der Waals surface area contributed by atoms with Gasteiger partial charge in [0, 0.05) is 17.5 Å². The van der Waals surface area contributed by atoms with Crippen LogP contribution in [0, 0.1) is 0 Å². The van der Waals surface area contributed by atoms with Crippen LogP contribution in [0.15, 0.2) is 29.1 Å². The average molecular weight is 446 g/mol. The lowest BCUT2D eigenvalue weighted by molar-refractivity contribution is -0.209. The summed E-state index contributed by atoms with van der Waals surface area (Å²) in [6.45, 7) is 5.82. The van der Waals surface area contributed by atoms with E-state index in [1.807, 2.05) is 26.8 Å². The number of aliphatic hydroxyl groups is 1. The summed E-state index contributed by atoms with van der Waals surface area (Å²) in [5.41, 5.74) is -1.62. The molecule has 4 heterocycles. The molecule has 1 amide bonds. The molecule has 3 aliphatic rings. The zero-order valence-electron chi connectivity index (χ0n) is 19.0. The van der Waals surface area contributed by atoms with Crippen LogP contribution in [0.5, 0.6) is 5.88 Å². The largest absolute Gasteiger partial charge is 0.481 e. The highest BCUT2D eigenvalue weighted by Crippen LogP contribution is 2.46. The van der Waals surface area contributed by atoms with Crippen LogP contribution in [0.2, 0.25) is 0 Å². The van der Waals surface area contributed by atoms with Gasteiger partial charge in [0.1, 0.15) is 17.4 Å². The van der Waals surface area contributed by atoms with Crippen molar-refractivity contribution in [3.8, 4) is 5.88 Å². The van der Waals surface area contributed by atoms with Gasteiger partial charge in [-0.1, -0.05) is 0 Å². The lowest BCUT2D eigenvalue weighted by atomic mass is 9.69. The fourth-order valence-electron chi connectivity index (χ4n) is 4.61. The third-order valence-corrected chi connectivity index (χ3v) is 6.43. The second-order valence-corrected chi connectivity index (χ2v) is 9.83. The zero-order valence-corrected chi connectivity index (χ0v) is 19.0. The number of alkyl carbamates (subject to hydrolysis) is 1. The number of aliphatic hydroxyl groups excluding tert-OH is 1. The number of aromatic nitrogens is 2. The average Bonchev–Trinajstić information content (AvgIpc) is 2.75. The van der Waals surface area contributed by atoms with E-state index in [4.69, 9.17) is 14.2 Å². The van der Waals surface area contributed by atoms with Crippen molar-refractivity contribution >= 4 is 17.1 Å². The standard InChI is InChI=1S/C23H31N3O6/c1-21(2,3)32-20(29)25-22-9-11-23(12-10-22,31-14-22)16(27)13-26-18(28)8-6-15-5-7-17(30-4)24-19(15)26/h5-8,16,27H,9-14H2,1-4H3,(H,25,29). The molecule has 2 aliphatic heterocycles. The highest BCUT2D eigenvalue weighted by atomic mass is 16.6. The number of hydrogen-bond acceptors (Lipinski definition) is 7. The molecular formula is C23H31N3O6. The minimum Gasteiger partial charge on any atom is -0.481 e. The molecule has 5 rings (SSSR count). The first-order chi connectivity index (χ1) is 15.0. The molecule has 2 aromatic heterocycles. The molecule has 3 fully saturated rings. The number of amides is 1. The van der Waals surface area contributed by atoms with E-state index in [-0.39, 0.29) is 12.1 Å². The molecule has 9 nitrogen and oxygen atoms in total. The molecular weight excluding hydrogens is 414 g/mol. The van der Waals surface area contributed by atoms with Gasteiger partial charge in [-0.05, 0) is 58.6 Å². The highest BCUT2D eigenvalue weighted by Gasteiger charge is 2.54. The van der Waals surface area contributed by atoms with Crippen molar-refractivity contribution in [1.82, 2.24) is 14.9 Å². The summed E-state index contributed by atoms with van der Waals surface area (Å²) < 4.78 is 18.2. The van der Waals surface area contributed by atoms with Crippen LogP contribution < -0.4 is 15.6 Å². The molecule has 32 heavy (non-hydrogen) atoms. The Balaban J connectivity index is 1.50. The molecule has 0 spiro atoms. The van der Waals surface area contributed by atoms with Crippen molar-refractivity contribution in [1.29, 1.82) is 0 Å². The summed E-state index contributed by atoms with van der Waals surface area (Å²) in [7, 11) is 1.52. The fourth-order valence-corrected chi connectivity index (χ4v) is 4.61. The van der Waals surface area contributed by atoms with E-state index in [0.717, 1.165) is 5.39 Å². The molecule has 1 saturated carbocycles. The Morgan fingerprint density at radius 2 is 1.94 bits per heavy atom. The monoisotopic (exact) mass is 445 g/mol. The van der Waals surface area contributed by atoms with Gasteiger partial charge < -0.3 is 24.6 Å². The smallest absolute Gasteiger partial charge is 0.408 e. The first kappa shape index (κ1) is 22.5. The molecule has 174 valence electrons. The van der Waals surface area contributed by atoms with Gasteiger partial charge in [0.05, 0.1) is 31.4 Å². The number of ether oxygens (including phenoxy) is 3. The normalized spacial score (nSPS) is 26.0. The van der Waals surface area contributed by atoms with Crippen LogP contribution in [-0.2, 0) is 16.0 Å². The zero-order chi connectivity index (χ0) is 23.1. The maximum Gasteiger partial charge on any atom is 0.408 e. The first-order valence-electron chi connectivity index (χ1n) is 10.9. The van der Waals surface area contributed by atoms with Gasteiger partial charge in [-0.3, -0.25) is 9.36 Å². The maximum absolute atomic E-state index is 12.6. The number of carbonyl (C=O) groups excluding carboxylic acids is 1. The Morgan fingerprint density at radius 1 is 1.25 bits per heavy atom. The molecule has 1 aliphatic carbocycles. The van der Waals surface area contributed by atoms with Crippen molar-refractivity contribution in [2.24, 2.45) is 0 Å².